The van der Waals surface area contributed by atoms with Gasteiger partial charge < -0.3 is 29.4 Å². The number of ether oxygens (including phenoxy) is 4. The molecule has 0 unspecified atom stereocenters. The van der Waals surface area contributed by atoms with E-state index in [1.54, 1.807) is 39.5 Å². The molecule has 0 bridgehead atoms. The summed E-state index contributed by atoms with van der Waals surface area (Å²) >= 11 is 0. The first kappa shape index (κ1) is 30.7. The first-order valence-electron chi connectivity index (χ1n) is 13.8. The molecular weight excluding hydrogens is 544 g/mol. The number of hydrogen-bond donors (Lipinski definition) is 2. The lowest BCUT2D eigenvalue weighted by molar-refractivity contribution is -0.116. The van der Waals surface area contributed by atoms with E-state index >= 15 is 0 Å². The lowest BCUT2D eigenvalue weighted by Gasteiger charge is -2.16. The molecule has 1 amide bonds. The lowest BCUT2D eigenvalue weighted by Crippen LogP contribution is -2.21. The number of carbonyl (C=O) groups is 1. The Morgan fingerprint density at radius 1 is 0.884 bits per heavy atom. The van der Waals surface area contributed by atoms with Crippen molar-refractivity contribution in [2.24, 2.45) is 0 Å². The second kappa shape index (κ2) is 14.6. The van der Waals surface area contributed by atoms with E-state index in [0.29, 0.717) is 46.5 Å². The smallest absolute Gasteiger partial charge is 0.244 e. The number of phenolic OH excluding ortho intramolecular Hbond substituents is 1. The summed E-state index contributed by atoms with van der Waals surface area (Å²) in [5.41, 5.74) is 4.55. The number of benzene rings is 3. The summed E-state index contributed by atoms with van der Waals surface area (Å²) in [6, 6.07) is 18.7. The first-order valence-corrected chi connectivity index (χ1v) is 13.8. The van der Waals surface area contributed by atoms with Gasteiger partial charge in [0.1, 0.15) is 41.1 Å². The summed E-state index contributed by atoms with van der Waals surface area (Å²) in [6.45, 7) is 6.04. The van der Waals surface area contributed by atoms with Crippen molar-refractivity contribution < 1.29 is 28.8 Å². The number of phenols is 1. The molecule has 0 radical (unpaired) electrons. The number of aromatic hydroxyl groups is 1. The molecule has 2 N–H and O–H groups in total. The van der Waals surface area contributed by atoms with Crippen LogP contribution in [0.2, 0.25) is 0 Å². The quantitative estimate of drug-likeness (QED) is 0.138. The van der Waals surface area contributed by atoms with Crippen molar-refractivity contribution in [1.29, 1.82) is 0 Å². The van der Waals surface area contributed by atoms with Crippen LogP contribution in [0.1, 0.15) is 33.5 Å². The second-order valence-electron chi connectivity index (χ2n) is 9.78. The summed E-state index contributed by atoms with van der Waals surface area (Å²) in [6.07, 6.45) is 8.40. The molecule has 1 heterocycles. The van der Waals surface area contributed by atoms with Gasteiger partial charge in [-0.25, -0.2) is 0 Å². The number of carbonyl (C=O) groups excluding carboxylic acids is 1. The fourth-order valence-corrected chi connectivity index (χ4v) is 4.43. The molecule has 4 aromatic rings. The van der Waals surface area contributed by atoms with Gasteiger partial charge in [-0.1, -0.05) is 42.5 Å². The van der Waals surface area contributed by atoms with Gasteiger partial charge in [-0.3, -0.25) is 9.78 Å². The van der Waals surface area contributed by atoms with E-state index in [2.05, 4.69) is 10.3 Å². The number of pyridine rings is 1. The van der Waals surface area contributed by atoms with E-state index in [1.807, 2.05) is 80.6 Å². The molecule has 8 nitrogen and oxygen atoms in total. The predicted molar refractivity (Wildman–Crippen MR) is 167 cm³/mol. The normalized spacial score (nSPS) is 11.1. The van der Waals surface area contributed by atoms with Gasteiger partial charge in [0.05, 0.1) is 19.9 Å². The number of methoxy groups -OCH3 is 2. The Morgan fingerprint density at radius 3 is 2.30 bits per heavy atom. The third-order valence-electron chi connectivity index (χ3n) is 6.88. The van der Waals surface area contributed by atoms with Crippen molar-refractivity contribution in [2.75, 3.05) is 14.2 Å². The number of nitrogens with zero attached hydrogens (tertiary/aromatic N) is 1. The molecule has 222 valence electrons. The minimum absolute atomic E-state index is 0.0978. The number of para-hydroxylation sites is 1. The Morgan fingerprint density at radius 2 is 1.60 bits per heavy atom. The minimum atomic E-state index is -0.292. The van der Waals surface area contributed by atoms with Gasteiger partial charge in [0.25, 0.3) is 0 Å². The third-order valence-corrected chi connectivity index (χ3v) is 6.88. The highest BCUT2D eigenvalue weighted by Gasteiger charge is 2.15. The van der Waals surface area contributed by atoms with Crippen molar-refractivity contribution in [2.45, 2.75) is 33.9 Å². The zero-order chi connectivity index (χ0) is 30.8. The lowest BCUT2D eigenvalue weighted by atomic mass is 10.0. The summed E-state index contributed by atoms with van der Waals surface area (Å²) in [7, 11) is 3.21. The van der Waals surface area contributed by atoms with Crippen LogP contribution in [0.5, 0.6) is 34.5 Å². The van der Waals surface area contributed by atoms with Crippen LogP contribution in [0, 0.1) is 20.8 Å². The first-order chi connectivity index (χ1) is 20.8. The highest BCUT2D eigenvalue weighted by Crippen LogP contribution is 2.36. The molecule has 0 saturated heterocycles. The average Bonchev–Trinajstić information content (AvgIpc) is 3.02. The van der Waals surface area contributed by atoms with Crippen molar-refractivity contribution >= 4 is 12.0 Å². The Balaban J connectivity index is 1.36. The van der Waals surface area contributed by atoms with Crippen LogP contribution in [-0.4, -0.2) is 30.2 Å². The molecule has 0 atom stereocenters. The largest absolute Gasteiger partial charge is 0.507 e. The molecule has 8 heteroatoms. The third kappa shape index (κ3) is 7.95. The van der Waals surface area contributed by atoms with Gasteiger partial charge >= 0.3 is 0 Å². The molecular formula is C35H36N2O6. The van der Waals surface area contributed by atoms with Gasteiger partial charge in [-0.05, 0) is 50.6 Å². The molecule has 0 saturated carbocycles. The van der Waals surface area contributed by atoms with E-state index in [9.17, 15) is 9.90 Å². The molecule has 0 aliphatic rings. The zero-order valence-corrected chi connectivity index (χ0v) is 25.0. The molecule has 0 spiro atoms. The van der Waals surface area contributed by atoms with Crippen LogP contribution >= 0.6 is 0 Å². The fourth-order valence-electron chi connectivity index (χ4n) is 4.43. The number of aromatic nitrogens is 1. The van der Waals surface area contributed by atoms with Crippen LogP contribution in [0.3, 0.4) is 0 Å². The SMILES string of the molecule is COc1cc(Oc2ccccc2C=CC=CC(=O)NCc2c(C)cc(OCc3ccccn3)c(C)c2O)cc(OC)c1C. The predicted octanol–water partition coefficient (Wildman–Crippen LogP) is 6.99. The van der Waals surface area contributed by atoms with Gasteiger partial charge in [-0.2, -0.15) is 0 Å². The van der Waals surface area contributed by atoms with Gasteiger partial charge in [-0.15, -0.1) is 0 Å². The monoisotopic (exact) mass is 580 g/mol. The summed E-state index contributed by atoms with van der Waals surface area (Å²) in [4.78, 5) is 16.8. The molecule has 4 rings (SSSR count). The number of rotatable bonds is 12. The number of aryl methyl sites for hydroxylation is 1. The number of nitrogens with one attached hydrogen (secondary N) is 1. The topological polar surface area (TPSA) is 99.1 Å². The second-order valence-corrected chi connectivity index (χ2v) is 9.78. The molecule has 0 aliphatic heterocycles. The van der Waals surface area contributed by atoms with Gasteiger partial charge in [0.15, 0.2) is 0 Å². The molecule has 0 fully saturated rings. The Hall–Kier alpha value is -5.24. The number of allylic oxidation sites excluding steroid dienone is 2. The minimum Gasteiger partial charge on any atom is -0.507 e. The maximum absolute atomic E-state index is 12.5. The van der Waals surface area contributed by atoms with Crippen molar-refractivity contribution in [3.05, 3.63) is 119 Å². The summed E-state index contributed by atoms with van der Waals surface area (Å²) < 4.78 is 22.9. The Bertz CT molecular complexity index is 1600. The fraction of sp³-hybridized carbons (Fsp3) is 0.200. The van der Waals surface area contributed by atoms with E-state index in [0.717, 1.165) is 22.4 Å². The highest BCUT2D eigenvalue weighted by molar-refractivity contribution is 5.88. The number of amides is 1. The maximum Gasteiger partial charge on any atom is 0.244 e. The molecule has 43 heavy (non-hydrogen) atoms. The van der Waals surface area contributed by atoms with Crippen LogP contribution < -0.4 is 24.3 Å². The highest BCUT2D eigenvalue weighted by atomic mass is 16.5. The van der Waals surface area contributed by atoms with E-state index in [-0.39, 0.29) is 18.2 Å². The number of hydrogen-bond acceptors (Lipinski definition) is 7. The van der Waals surface area contributed by atoms with Crippen molar-refractivity contribution in [3.8, 4) is 34.5 Å². The summed E-state index contributed by atoms with van der Waals surface area (Å²) in [5.74, 6) is 2.93. The van der Waals surface area contributed by atoms with E-state index < -0.39 is 0 Å². The average molecular weight is 581 g/mol. The van der Waals surface area contributed by atoms with Crippen molar-refractivity contribution in [3.63, 3.8) is 0 Å². The Kier molecular flexibility index (Phi) is 10.4. The standard InChI is InChI=1S/C35H36N2O6/c1-23-18-33(42-22-27-14-10-11-17-36-27)25(3)35(39)29(23)21-37-34(38)16-9-7-13-26-12-6-8-15-30(26)43-28-19-31(40-4)24(2)32(20-28)41-5/h6-20,39H,21-22H2,1-5H3,(H,37,38). The molecule has 0 aliphatic carbocycles. The van der Waals surface area contributed by atoms with Crippen LogP contribution in [0.25, 0.3) is 6.08 Å². The van der Waals surface area contributed by atoms with Crippen LogP contribution in [0.4, 0.5) is 0 Å². The molecule has 3 aromatic carbocycles. The maximum atomic E-state index is 12.5. The van der Waals surface area contributed by atoms with Crippen LogP contribution in [-0.2, 0) is 17.9 Å². The van der Waals surface area contributed by atoms with E-state index in [1.165, 1.54) is 6.08 Å². The zero-order valence-electron chi connectivity index (χ0n) is 25.0. The summed E-state index contributed by atoms with van der Waals surface area (Å²) in [5, 5.41) is 13.6. The Labute approximate surface area is 252 Å². The van der Waals surface area contributed by atoms with Gasteiger partial charge in [0, 0.05) is 53.2 Å². The van der Waals surface area contributed by atoms with Crippen molar-refractivity contribution in [1.82, 2.24) is 10.3 Å². The van der Waals surface area contributed by atoms with E-state index in [4.69, 9.17) is 18.9 Å². The van der Waals surface area contributed by atoms with Crippen LogP contribution in [0.15, 0.2) is 85.1 Å². The molecule has 1 aromatic heterocycles. The van der Waals surface area contributed by atoms with Gasteiger partial charge in [0.2, 0.25) is 5.91 Å².